The first-order valence-corrected chi connectivity index (χ1v) is 4.22. The van der Waals surface area contributed by atoms with E-state index in [2.05, 4.69) is 9.47 Å². The Kier molecular flexibility index (Phi) is 1.35. The van der Waals surface area contributed by atoms with Crippen LogP contribution in [0.3, 0.4) is 0 Å². The van der Waals surface area contributed by atoms with Crippen LogP contribution >= 0.6 is 11.5 Å². The van der Waals surface area contributed by atoms with Crippen molar-refractivity contribution in [3.05, 3.63) is 22.8 Å². The Morgan fingerprint density at radius 2 is 2.27 bits per heavy atom. The first-order valence-electron chi connectivity index (χ1n) is 3.38. The molecule has 0 saturated carbocycles. The monoisotopic (exact) mass is 166 g/mol. The summed E-state index contributed by atoms with van der Waals surface area (Å²) in [5, 5.41) is 1.94. The van der Waals surface area contributed by atoms with Crippen LogP contribution in [0.15, 0.2) is 11.4 Å². The Morgan fingerprint density at radius 1 is 1.45 bits per heavy atom. The lowest BCUT2D eigenvalue weighted by Crippen LogP contribution is -2.27. The molecule has 0 aliphatic carbocycles. The Hall–Kier alpha value is -1.03. The van der Waals surface area contributed by atoms with Crippen molar-refractivity contribution in [3.63, 3.8) is 0 Å². The second-order valence-corrected chi connectivity index (χ2v) is 3.12. The molecule has 0 radical (unpaired) electrons. The summed E-state index contributed by atoms with van der Waals surface area (Å²) in [6.07, 6.45) is 0. The van der Waals surface area contributed by atoms with Gasteiger partial charge >= 0.3 is 5.65 Å². The minimum absolute atomic E-state index is 0.938. The molecule has 0 spiro atoms. The van der Waals surface area contributed by atoms with Crippen molar-refractivity contribution in [2.75, 3.05) is 0 Å². The van der Waals surface area contributed by atoms with Gasteiger partial charge in [-0.25, -0.2) is 0 Å². The summed E-state index contributed by atoms with van der Waals surface area (Å²) in [6, 6.07) is 2.02. The van der Waals surface area contributed by atoms with Gasteiger partial charge in [-0.05, 0) is 9.47 Å². The molecule has 2 aromatic heterocycles. The van der Waals surface area contributed by atoms with Crippen molar-refractivity contribution in [1.82, 2.24) is 9.47 Å². The Bertz CT molecular complexity index is 393. The molecule has 3 nitrogen and oxygen atoms in total. The molecule has 4 heteroatoms. The average molecular weight is 166 g/mol. The SMILES string of the molecule is Cc1cc(C)[n+]2nscc2n1. The quantitative estimate of drug-likeness (QED) is 0.544. The Morgan fingerprint density at radius 3 is 3.09 bits per heavy atom. The van der Waals surface area contributed by atoms with Crippen LogP contribution in [0.2, 0.25) is 0 Å². The molecule has 0 aromatic carbocycles. The van der Waals surface area contributed by atoms with E-state index in [9.17, 15) is 0 Å². The summed E-state index contributed by atoms with van der Waals surface area (Å²) >= 11 is 1.43. The summed E-state index contributed by atoms with van der Waals surface area (Å²) < 4.78 is 6.00. The van der Waals surface area contributed by atoms with Gasteiger partial charge in [0.25, 0.3) is 0 Å². The van der Waals surface area contributed by atoms with Crippen molar-refractivity contribution in [2.45, 2.75) is 13.8 Å². The lowest BCUT2D eigenvalue weighted by molar-refractivity contribution is -0.581. The van der Waals surface area contributed by atoms with E-state index >= 15 is 0 Å². The van der Waals surface area contributed by atoms with Gasteiger partial charge in [0.1, 0.15) is 11.1 Å². The van der Waals surface area contributed by atoms with E-state index < -0.39 is 0 Å². The highest BCUT2D eigenvalue weighted by Crippen LogP contribution is 2.00. The summed E-state index contributed by atoms with van der Waals surface area (Å²) in [6.45, 7) is 4.02. The van der Waals surface area contributed by atoms with Gasteiger partial charge in [0, 0.05) is 31.4 Å². The Labute approximate surface area is 68.5 Å². The van der Waals surface area contributed by atoms with Crippen LogP contribution in [-0.2, 0) is 0 Å². The Balaban J connectivity index is 2.91. The maximum Gasteiger partial charge on any atom is 0.361 e. The van der Waals surface area contributed by atoms with E-state index in [1.165, 1.54) is 11.5 Å². The van der Waals surface area contributed by atoms with E-state index in [-0.39, 0.29) is 0 Å². The molecule has 2 rings (SSSR count). The fourth-order valence-corrected chi connectivity index (χ4v) is 1.71. The van der Waals surface area contributed by atoms with Crippen molar-refractivity contribution < 1.29 is 4.52 Å². The molecule has 0 aliphatic heterocycles. The number of hydrogen-bond donors (Lipinski definition) is 0. The van der Waals surface area contributed by atoms with Crippen LogP contribution in [0.25, 0.3) is 5.65 Å². The first-order chi connectivity index (χ1) is 5.27. The van der Waals surface area contributed by atoms with Gasteiger partial charge in [0.2, 0.25) is 0 Å². The molecular weight excluding hydrogens is 158 g/mol. The second kappa shape index (κ2) is 2.23. The van der Waals surface area contributed by atoms with Gasteiger partial charge in [0.15, 0.2) is 5.69 Å². The molecule has 11 heavy (non-hydrogen) atoms. The lowest BCUT2D eigenvalue weighted by atomic mass is 10.3. The fourth-order valence-electron chi connectivity index (χ4n) is 1.10. The number of nitrogens with zero attached hydrogens (tertiary/aromatic N) is 3. The van der Waals surface area contributed by atoms with Crippen molar-refractivity contribution in [3.8, 4) is 0 Å². The number of fused-ring (bicyclic) bond motifs is 1. The maximum absolute atomic E-state index is 4.31. The first kappa shape index (κ1) is 6.67. The third kappa shape index (κ3) is 0.991. The predicted octanol–water partition coefficient (Wildman–Crippen LogP) is 0.894. The average Bonchev–Trinajstić information content (AvgIpc) is 2.34. The molecule has 0 amide bonds. The van der Waals surface area contributed by atoms with Crippen LogP contribution in [-0.4, -0.2) is 9.47 Å². The van der Waals surface area contributed by atoms with Gasteiger partial charge in [-0.2, -0.15) is 0 Å². The van der Waals surface area contributed by atoms with E-state index in [1.54, 1.807) is 0 Å². The topological polar surface area (TPSA) is 29.9 Å². The molecule has 0 N–H and O–H groups in total. The molecule has 0 aliphatic rings. The molecule has 0 unspecified atom stereocenters. The highest BCUT2D eigenvalue weighted by atomic mass is 32.1. The van der Waals surface area contributed by atoms with E-state index in [0.717, 1.165) is 17.0 Å². The standard InChI is InChI=1S/C7H8N3S/c1-5-3-6(2)10-7(8-5)4-11-9-10/h3-4H,1-2H3/q+1. The zero-order chi connectivity index (χ0) is 7.84. The molecule has 0 saturated heterocycles. The number of hydrogen-bond acceptors (Lipinski definition) is 3. The molecule has 0 atom stereocenters. The van der Waals surface area contributed by atoms with Gasteiger partial charge < -0.3 is 0 Å². The van der Waals surface area contributed by atoms with Crippen LogP contribution in [0.1, 0.15) is 11.4 Å². The third-order valence-corrected chi connectivity index (χ3v) is 2.12. The number of aromatic nitrogens is 3. The van der Waals surface area contributed by atoms with E-state index in [4.69, 9.17) is 0 Å². The van der Waals surface area contributed by atoms with Gasteiger partial charge in [0.05, 0.1) is 0 Å². The highest BCUT2D eigenvalue weighted by molar-refractivity contribution is 7.03. The number of aryl methyl sites for hydroxylation is 2. The highest BCUT2D eigenvalue weighted by Gasteiger charge is 2.09. The van der Waals surface area contributed by atoms with Crippen LogP contribution in [0.4, 0.5) is 0 Å². The minimum atomic E-state index is 0.938. The maximum atomic E-state index is 4.31. The molecule has 2 heterocycles. The third-order valence-electron chi connectivity index (χ3n) is 1.55. The largest absolute Gasteiger partial charge is 0.361 e. The van der Waals surface area contributed by atoms with Crippen molar-refractivity contribution in [2.24, 2.45) is 0 Å². The smallest absolute Gasteiger partial charge is 0.0869 e. The number of rotatable bonds is 0. The lowest BCUT2D eigenvalue weighted by Gasteiger charge is -1.86. The minimum Gasteiger partial charge on any atom is -0.0869 e. The zero-order valence-electron chi connectivity index (χ0n) is 6.40. The molecule has 0 fully saturated rings. The van der Waals surface area contributed by atoms with E-state index in [0.29, 0.717) is 0 Å². The van der Waals surface area contributed by atoms with Crippen LogP contribution in [0.5, 0.6) is 0 Å². The fraction of sp³-hybridized carbons (Fsp3) is 0.286. The van der Waals surface area contributed by atoms with Gasteiger partial charge in [-0.3, -0.25) is 0 Å². The zero-order valence-corrected chi connectivity index (χ0v) is 7.22. The van der Waals surface area contributed by atoms with E-state index in [1.807, 2.05) is 29.8 Å². The molecule has 0 bridgehead atoms. The van der Waals surface area contributed by atoms with Gasteiger partial charge in [-0.15, -0.1) is 0 Å². The van der Waals surface area contributed by atoms with Crippen LogP contribution in [0, 0.1) is 13.8 Å². The summed E-state index contributed by atoms with van der Waals surface area (Å²) in [5.74, 6) is 0. The summed E-state index contributed by atoms with van der Waals surface area (Å²) in [4.78, 5) is 4.31. The second-order valence-electron chi connectivity index (χ2n) is 2.51. The van der Waals surface area contributed by atoms with Crippen molar-refractivity contribution >= 4 is 17.2 Å². The molecule has 56 valence electrons. The predicted molar refractivity (Wildman–Crippen MR) is 42.5 cm³/mol. The molecule has 2 aromatic rings. The van der Waals surface area contributed by atoms with Gasteiger partial charge in [-0.1, -0.05) is 4.52 Å². The van der Waals surface area contributed by atoms with Crippen molar-refractivity contribution in [1.29, 1.82) is 0 Å². The summed E-state index contributed by atoms with van der Waals surface area (Å²) in [7, 11) is 0. The molecular formula is C7H8N3S+. The van der Waals surface area contributed by atoms with Crippen LogP contribution < -0.4 is 4.52 Å². The summed E-state index contributed by atoms with van der Waals surface area (Å²) in [5.41, 5.74) is 3.11. The normalized spacial score (nSPS) is 10.7.